The van der Waals surface area contributed by atoms with Gasteiger partial charge in [-0.05, 0) is 32.1 Å². The minimum atomic E-state index is 0.195. The molecule has 0 spiro atoms. The van der Waals surface area contributed by atoms with Crippen molar-refractivity contribution in [2.24, 2.45) is 17.8 Å². The Morgan fingerprint density at radius 1 is 1.29 bits per heavy atom. The average Bonchev–Trinajstić information content (AvgIpc) is 2.76. The van der Waals surface area contributed by atoms with E-state index in [9.17, 15) is 4.79 Å². The van der Waals surface area contributed by atoms with Gasteiger partial charge in [-0.3, -0.25) is 9.69 Å². The summed E-state index contributed by atoms with van der Waals surface area (Å²) in [7, 11) is 0. The number of hydrogen-bond acceptors (Lipinski definition) is 2. The number of Topliss-reactive ketones (excluding diaryl/α,β-unsaturated/α-hetero) is 1. The van der Waals surface area contributed by atoms with Crippen molar-refractivity contribution >= 4 is 5.78 Å². The monoisotopic (exact) mass is 195 g/mol. The second kappa shape index (κ2) is 3.34. The highest BCUT2D eigenvalue weighted by Gasteiger charge is 2.55. The molecule has 1 heterocycles. The fourth-order valence-electron chi connectivity index (χ4n) is 2.75. The Morgan fingerprint density at radius 2 is 1.93 bits per heavy atom. The van der Waals surface area contributed by atoms with E-state index in [1.54, 1.807) is 0 Å². The molecule has 0 radical (unpaired) electrons. The first-order chi connectivity index (χ1) is 6.52. The molecule has 1 aliphatic heterocycles. The molecule has 2 nitrogen and oxygen atoms in total. The van der Waals surface area contributed by atoms with Crippen molar-refractivity contribution in [3.05, 3.63) is 0 Å². The molecule has 0 aromatic carbocycles. The predicted molar refractivity (Wildman–Crippen MR) is 57.1 cm³/mol. The van der Waals surface area contributed by atoms with Crippen LogP contribution in [0.5, 0.6) is 0 Å². The zero-order chi connectivity index (χ0) is 10.5. The fraction of sp³-hybridized carbons (Fsp3) is 0.917. The van der Waals surface area contributed by atoms with Crippen LogP contribution >= 0.6 is 0 Å². The molecular formula is C12H21NO. The van der Waals surface area contributed by atoms with Crippen molar-refractivity contribution in [3.8, 4) is 0 Å². The van der Waals surface area contributed by atoms with Crippen molar-refractivity contribution in [1.82, 2.24) is 4.90 Å². The summed E-state index contributed by atoms with van der Waals surface area (Å²) in [6.45, 7) is 9.61. The van der Waals surface area contributed by atoms with Gasteiger partial charge in [-0.1, -0.05) is 13.8 Å². The number of ketones is 1. The van der Waals surface area contributed by atoms with Crippen molar-refractivity contribution in [2.75, 3.05) is 6.54 Å². The molecule has 3 atom stereocenters. The summed E-state index contributed by atoms with van der Waals surface area (Å²) < 4.78 is 0. The average molecular weight is 195 g/mol. The van der Waals surface area contributed by atoms with E-state index in [1.165, 1.54) is 6.42 Å². The fourth-order valence-corrected chi connectivity index (χ4v) is 2.75. The van der Waals surface area contributed by atoms with Gasteiger partial charge in [0.05, 0.1) is 6.04 Å². The highest BCUT2D eigenvalue weighted by atomic mass is 16.1. The molecular weight excluding hydrogens is 174 g/mol. The maximum absolute atomic E-state index is 12.1. The maximum atomic E-state index is 12.1. The largest absolute Gasteiger partial charge is 0.298 e. The number of carbonyl (C=O) groups is 1. The molecule has 0 unspecified atom stereocenters. The molecule has 0 aromatic rings. The van der Waals surface area contributed by atoms with E-state index in [1.807, 2.05) is 13.8 Å². The summed E-state index contributed by atoms with van der Waals surface area (Å²) >= 11 is 0. The summed E-state index contributed by atoms with van der Waals surface area (Å²) in [5.74, 6) is 2.20. The van der Waals surface area contributed by atoms with Crippen LogP contribution in [0.4, 0.5) is 0 Å². The van der Waals surface area contributed by atoms with E-state index in [0.717, 1.165) is 12.5 Å². The summed E-state index contributed by atoms with van der Waals surface area (Å²) in [4.78, 5) is 14.5. The second-order valence-corrected chi connectivity index (χ2v) is 5.45. The number of fused-ring (bicyclic) bond motifs is 1. The lowest BCUT2D eigenvalue weighted by molar-refractivity contribution is -0.127. The topological polar surface area (TPSA) is 20.3 Å². The Bertz CT molecular complexity index is 247. The van der Waals surface area contributed by atoms with Gasteiger partial charge in [0.25, 0.3) is 0 Å². The van der Waals surface area contributed by atoms with Gasteiger partial charge in [-0.15, -0.1) is 0 Å². The Morgan fingerprint density at radius 3 is 2.43 bits per heavy atom. The highest BCUT2D eigenvalue weighted by Crippen LogP contribution is 2.50. The van der Waals surface area contributed by atoms with Crippen molar-refractivity contribution < 1.29 is 4.79 Å². The molecule has 2 fully saturated rings. The number of carbonyl (C=O) groups excluding carboxylic acids is 1. The van der Waals surface area contributed by atoms with Gasteiger partial charge in [0.2, 0.25) is 0 Å². The van der Waals surface area contributed by atoms with E-state index >= 15 is 0 Å². The lowest BCUT2D eigenvalue weighted by Crippen LogP contribution is -2.45. The lowest BCUT2D eigenvalue weighted by atomic mass is 9.97. The summed E-state index contributed by atoms with van der Waals surface area (Å²) in [6.07, 6.45) is 1.30. The van der Waals surface area contributed by atoms with E-state index < -0.39 is 0 Å². The molecule has 0 N–H and O–H groups in total. The van der Waals surface area contributed by atoms with Gasteiger partial charge in [0.15, 0.2) is 5.78 Å². The van der Waals surface area contributed by atoms with Crippen molar-refractivity contribution in [1.29, 1.82) is 0 Å². The van der Waals surface area contributed by atoms with Crippen LogP contribution in [0.25, 0.3) is 0 Å². The molecule has 2 rings (SSSR count). The molecule has 80 valence electrons. The molecule has 2 heteroatoms. The summed E-state index contributed by atoms with van der Waals surface area (Å²) in [5.41, 5.74) is 0. The van der Waals surface area contributed by atoms with Crippen LogP contribution in [-0.2, 0) is 4.79 Å². The number of rotatable bonds is 3. The zero-order valence-electron chi connectivity index (χ0n) is 9.66. The van der Waals surface area contributed by atoms with E-state index in [4.69, 9.17) is 0 Å². The summed E-state index contributed by atoms with van der Waals surface area (Å²) in [5, 5.41) is 0. The maximum Gasteiger partial charge on any atom is 0.152 e. The van der Waals surface area contributed by atoms with Crippen LogP contribution in [0.15, 0.2) is 0 Å². The minimum absolute atomic E-state index is 0.195. The lowest BCUT2D eigenvalue weighted by Gasteiger charge is -2.30. The third-order valence-corrected chi connectivity index (χ3v) is 3.71. The van der Waals surface area contributed by atoms with Crippen LogP contribution < -0.4 is 0 Å². The normalized spacial score (nSPS) is 36.6. The Kier molecular flexibility index (Phi) is 2.42. The van der Waals surface area contributed by atoms with Crippen molar-refractivity contribution in [3.63, 3.8) is 0 Å². The molecule has 0 amide bonds. The number of piperidine rings is 1. The molecule has 0 aromatic heterocycles. The predicted octanol–water partition coefficient (Wildman–Crippen LogP) is 1.94. The quantitative estimate of drug-likeness (QED) is 0.686. The smallest absolute Gasteiger partial charge is 0.152 e. The van der Waals surface area contributed by atoms with Gasteiger partial charge in [0.1, 0.15) is 0 Å². The van der Waals surface area contributed by atoms with Crippen LogP contribution in [0.1, 0.15) is 34.1 Å². The molecule has 2 aliphatic rings. The zero-order valence-corrected chi connectivity index (χ0v) is 9.66. The minimum Gasteiger partial charge on any atom is -0.298 e. The summed E-state index contributed by atoms with van der Waals surface area (Å²) in [6, 6.07) is 0.774. The first-order valence-electron chi connectivity index (χ1n) is 5.81. The number of likely N-dealkylation sites (tertiary alicyclic amines) is 1. The Hall–Kier alpha value is -0.370. The van der Waals surface area contributed by atoms with Crippen LogP contribution in [0.3, 0.4) is 0 Å². The van der Waals surface area contributed by atoms with Crippen LogP contribution in [0, 0.1) is 17.8 Å². The number of hydrogen-bond donors (Lipinski definition) is 0. The standard InChI is InChI=1S/C12H21NO/c1-7(2)12(14)11-10-5-9(10)6-13(11)8(3)4/h7-11H,5-6H2,1-4H3/t9-,10-,11+/m1/s1. The molecule has 14 heavy (non-hydrogen) atoms. The highest BCUT2D eigenvalue weighted by molar-refractivity contribution is 5.87. The number of nitrogens with zero attached hydrogens (tertiary/aromatic N) is 1. The van der Waals surface area contributed by atoms with Gasteiger partial charge >= 0.3 is 0 Å². The molecule has 1 aliphatic carbocycles. The third kappa shape index (κ3) is 1.50. The van der Waals surface area contributed by atoms with E-state index in [-0.39, 0.29) is 12.0 Å². The molecule has 1 saturated heterocycles. The van der Waals surface area contributed by atoms with Crippen LogP contribution in [-0.4, -0.2) is 29.3 Å². The van der Waals surface area contributed by atoms with Crippen LogP contribution in [0.2, 0.25) is 0 Å². The SMILES string of the molecule is CC(C)C(=O)[C@@H]1[C@@H]2C[C@@H]2CN1C(C)C. The van der Waals surface area contributed by atoms with E-state index in [2.05, 4.69) is 18.7 Å². The third-order valence-electron chi connectivity index (χ3n) is 3.71. The first kappa shape index (κ1) is 10.2. The van der Waals surface area contributed by atoms with Gasteiger partial charge in [-0.25, -0.2) is 0 Å². The Balaban J connectivity index is 2.11. The van der Waals surface area contributed by atoms with Gasteiger partial charge in [0, 0.05) is 18.5 Å². The van der Waals surface area contributed by atoms with Gasteiger partial charge < -0.3 is 0 Å². The first-order valence-corrected chi connectivity index (χ1v) is 5.81. The van der Waals surface area contributed by atoms with Gasteiger partial charge in [-0.2, -0.15) is 0 Å². The van der Waals surface area contributed by atoms with Crippen molar-refractivity contribution in [2.45, 2.75) is 46.2 Å². The second-order valence-electron chi connectivity index (χ2n) is 5.45. The molecule has 0 bridgehead atoms. The van der Waals surface area contributed by atoms with E-state index in [0.29, 0.717) is 17.7 Å². The Labute approximate surface area is 86.7 Å². The molecule has 1 saturated carbocycles.